The number of rotatable bonds is 9. The zero-order valence-electron chi connectivity index (χ0n) is 17.9. The van der Waals surface area contributed by atoms with E-state index in [2.05, 4.69) is 27.4 Å². The molecule has 2 aromatic carbocycles. The van der Waals surface area contributed by atoms with Crippen molar-refractivity contribution in [1.29, 1.82) is 0 Å². The number of carbonyl (C=O) groups is 2. The van der Waals surface area contributed by atoms with Crippen molar-refractivity contribution in [2.75, 3.05) is 11.1 Å². The fourth-order valence-electron chi connectivity index (χ4n) is 2.87. The molecule has 2 N–H and O–H groups in total. The number of nitrogens with zero attached hydrogens (tertiary/aromatic N) is 3. The van der Waals surface area contributed by atoms with Crippen LogP contribution in [0.1, 0.15) is 21.7 Å². The number of halogens is 5. The zero-order valence-corrected chi connectivity index (χ0v) is 20.2. The molecule has 0 aliphatic heterocycles. The first-order chi connectivity index (χ1) is 16.6. The van der Waals surface area contributed by atoms with Crippen molar-refractivity contribution < 1.29 is 22.8 Å². The Labute approximate surface area is 212 Å². The van der Waals surface area contributed by atoms with Gasteiger partial charge in [0.1, 0.15) is 0 Å². The van der Waals surface area contributed by atoms with Crippen molar-refractivity contribution in [3.05, 3.63) is 82.1 Å². The Kier molecular flexibility index (Phi) is 8.82. The molecule has 13 heteroatoms. The quantitative estimate of drug-likeness (QED) is 0.276. The Morgan fingerprint density at radius 1 is 1.14 bits per heavy atom. The lowest BCUT2D eigenvalue weighted by atomic mass is 10.2. The average molecular weight is 544 g/mol. The Balaban J connectivity index is 1.64. The number of alkyl halides is 3. The second-order valence-electron chi connectivity index (χ2n) is 7.02. The highest BCUT2D eigenvalue weighted by Gasteiger charge is 2.31. The molecule has 35 heavy (non-hydrogen) atoms. The van der Waals surface area contributed by atoms with E-state index in [1.54, 1.807) is 28.8 Å². The molecule has 0 saturated heterocycles. The first kappa shape index (κ1) is 26.6. The number of hydrogen-bond acceptors (Lipinski definition) is 5. The van der Waals surface area contributed by atoms with Gasteiger partial charge in [-0.1, -0.05) is 47.1 Å². The van der Waals surface area contributed by atoms with E-state index >= 15 is 0 Å². The molecule has 0 atom stereocenters. The number of benzene rings is 2. The summed E-state index contributed by atoms with van der Waals surface area (Å²) < 4.78 is 40.5. The highest BCUT2D eigenvalue weighted by Crippen LogP contribution is 2.34. The second kappa shape index (κ2) is 11.6. The predicted octanol–water partition coefficient (Wildman–Crippen LogP) is 5.45. The number of aromatic nitrogens is 3. The van der Waals surface area contributed by atoms with Crippen LogP contribution in [0.3, 0.4) is 0 Å². The van der Waals surface area contributed by atoms with E-state index in [0.29, 0.717) is 28.1 Å². The zero-order chi connectivity index (χ0) is 25.6. The molecule has 1 aromatic heterocycles. The van der Waals surface area contributed by atoms with E-state index in [1.807, 2.05) is 0 Å². The van der Waals surface area contributed by atoms with Gasteiger partial charge in [-0.15, -0.1) is 16.8 Å². The fourth-order valence-corrected chi connectivity index (χ4v) is 4.00. The van der Waals surface area contributed by atoms with Crippen LogP contribution in [-0.4, -0.2) is 32.3 Å². The number of thioether (sulfide) groups is 1. The molecular weight excluding hydrogens is 526 g/mol. The van der Waals surface area contributed by atoms with Gasteiger partial charge in [0.05, 0.1) is 28.6 Å². The molecule has 3 rings (SSSR count). The Morgan fingerprint density at radius 2 is 1.91 bits per heavy atom. The molecule has 3 aromatic rings. The van der Waals surface area contributed by atoms with Crippen molar-refractivity contribution >= 4 is 52.5 Å². The summed E-state index contributed by atoms with van der Waals surface area (Å²) >= 11 is 12.9. The predicted molar refractivity (Wildman–Crippen MR) is 129 cm³/mol. The van der Waals surface area contributed by atoms with Crippen LogP contribution in [0.2, 0.25) is 10.0 Å². The van der Waals surface area contributed by atoms with Gasteiger partial charge in [0.2, 0.25) is 5.91 Å². The summed E-state index contributed by atoms with van der Waals surface area (Å²) in [5, 5.41) is 14.0. The molecule has 184 valence electrons. The van der Waals surface area contributed by atoms with Crippen molar-refractivity contribution in [2.45, 2.75) is 24.4 Å². The average Bonchev–Trinajstić information content (AvgIpc) is 3.18. The summed E-state index contributed by atoms with van der Waals surface area (Å²) in [6, 6.07) is 9.12. The monoisotopic (exact) mass is 543 g/mol. The molecule has 0 aliphatic rings. The number of nitrogens with one attached hydrogen (secondary N) is 2. The summed E-state index contributed by atoms with van der Waals surface area (Å²) in [6.07, 6.45) is -2.98. The highest BCUT2D eigenvalue weighted by atomic mass is 35.5. The summed E-state index contributed by atoms with van der Waals surface area (Å²) in [4.78, 5) is 24.7. The number of hydrogen-bond donors (Lipinski definition) is 2. The summed E-state index contributed by atoms with van der Waals surface area (Å²) in [7, 11) is 0. The molecule has 0 saturated carbocycles. The van der Waals surface area contributed by atoms with E-state index in [0.717, 1.165) is 30.0 Å². The molecule has 1 heterocycles. The number of allylic oxidation sites excluding steroid dienone is 1. The van der Waals surface area contributed by atoms with E-state index < -0.39 is 17.6 Å². The smallest absolute Gasteiger partial charge is 0.345 e. The van der Waals surface area contributed by atoms with Gasteiger partial charge in [-0.05, 0) is 36.4 Å². The lowest BCUT2D eigenvalue weighted by Crippen LogP contribution is -2.24. The van der Waals surface area contributed by atoms with E-state index in [4.69, 9.17) is 23.2 Å². The van der Waals surface area contributed by atoms with Crippen LogP contribution in [-0.2, 0) is 24.1 Å². The highest BCUT2D eigenvalue weighted by molar-refractivity contribution is 7.99. The third-order valence-electron chi connectivity index (χ3n) is 4.50. The summed E-state index contributed by atoms with van der Waals surface area (Å²) in [5.74, 6) is -0.687. The minimum Gasteiger partial charge on any atom is -0.345 e. The molecule has 0 fully saturated rings. The fraction of sp³-hybridized carbons (Fsp3) is 0.182. The maximum Gasteiger partial charge on any atom is 0.416 e. The molecule has 0 spiro atoms. The lowest BCUT2D eigenvalue weighted by Gasteiger charge is -2.12. The first-order valence-electron chi connectivity index (χ1n) is 9.94. The third-order valence-corrected chi connectivity index (χ3v) is 6.03. The number of amides is 2. The third kappa shape index (κ3) is 7.23. The Morgan fingerprint density at radius 3 is 2.60 bits per heavy atom. The van der Waals surface area contributed by atoms with Gasteiger partial charge in [0.15, 0.2) is 11.0 Å². The molecule has 0 aliphatic carbocycles. The van der Waals surface area contributed by atoms with E-state index in [1.165, 1.54) is 6.07 Å². The van der Waals surface area contributed by atoms with Crippen LogP contribution in [0.15, 0.2) is 60.3 Å². The molecule has 7 nitrogen and oxygen atoms in total. The van der Waals surface area contributed by atoms with Gasteiger partial charge in [-0.3, -0.25) is 9.59 Å². The number of carbonyl (C=O) groups excluding carboxylic acids is 2. The van der Waals surface area contributed by atoms with E-state index in [-0.39, 0.29) is 28.9 Å². The molecule has 0 bridgehead atoms. The molecule has 2 amide bonds. The van der Waals surface area contributed by atoms with Gasteiger partial charge in [0.25, 0.3) is 5.91 Å². The first-order valence-corrected chi connectivity index (χ1v) is 11.7. The van der Waals surface area contributed by atoms with Crippen LogP contribution < -0.4 is 10.6 Å². The maximum atomic E-state index is 12.9. The van der Waals surface area contributed by atoms with E-state index in [9.17, 15) is 22.8 Å². The van der Waals surface area contributed by atoms with Crippen molar-refractivity contribution in [3.8, 4) is 0 Å². The maximum absolute atomic E-state index is 12.9. The van der Waals surface area contributed by atoms with Gasteiger partial charge < -0.3 is 15.2 Å². The number of anilines is 1. The van der Waals surface area contributed by atoms with Gasteiger partial charge in [0, 0.05) is 17.1 Å². The molecular formula is C22H18Cl2F3N5O2S. The Bertz CT molecular complexity index is 1250. The normalized spacial score (nSPS) is 11.2. The lowest BCUT2D eigenvalue weighted by molar-refractivity contribution is -0.137. The summed E-state index contributed by atoms with van der Waals surface area (Å²) in [5.41, 5.74) is -0.698. The van der Waals surface area contributed by atoms with Crippen molar-refractivity contribution in [1.82, 2.24) is 20.1 Å². The standard InChI is InChI=1S/C22H18Cl2F3N5O2S/c1-2-8-32-18(11-28-20(34)13-4-3-5-15(23)9-13)30-31-21(32)35-12-19(33)29-17-10-14(22(25,26)27)6-7-16(17)24/h2-7,9-10H,1,8,11-12H2,(H,28,34)(H,29,33). The minimum atomic E-state index is -4.57. The van der Waals surface area contributed by atoms with Crippen molar-refractivity contribution in [2.24, 2.45) is 0 Å². The van der Waals surface area contributed by atoms with Gasteiger partial charge in [-0.2, -0.15) is 13.2 Å². The minimum absolute atomic E-state index is 0.0242. The largest absolute Gasteiger partial charge is 0.416 e. The van der Waals surface area contributed by atoms with Crippen molar-refractivity contribution in [3.63, 3.8) is 0 Å². The summed E-state index contributed by atoms with van der Waals surface area (Å²) in [6.45, 7) is 4.04. The topological polar surface area (TPSA) is 88.9 Å². The van der Waals surface area contributed by atoms with Crippen LogP contribution in [0.4, 0.5) is 18.9 Å². The van der Waals surface area contributed by atoms with Crippen LogP contribution >= 0.6 is 35.0 Å². The second-order valence-corrected chi connectivity index (χ2v) is 8.81. The van der Waals surface area contributed by atoms with Gasteiger partial charge >= 0.3 is 6.18 Å². The molecule has 0 unspecified atom stereocenters. The van der Waals surface area contributed by atoms with Crippen LogP contribution in [0.5, 0.6) is 0 Å². The Hall–Kier alpha value is -3.02. The molecule has 0 radical (unpaired) electrons. The SMILES string of the molecule is C=CCn1c(CNC(=O)c2cccc(Cl)c2)nnc1SCC(=O)Nc1cc(C(F)(F)F)ccc1Cl. The van der Waals surface area contributed by atoms with Gasteiger partial charge in [-0.25, -0.2) is 0 Å². The van der Waals surface area contributed by atoms with Crippen LogP contribution in [0.25, 0.3) is 0 Å². The van der Waals surface area contributed by atoms with Crippen LogP contribution in [0, 0.1) is 0 Å².